The van der Waals surface area contributed by atoms with Crippen molar-refractivity contribution in [1.29, 1.82) is 0 Å². The van der Waals surface area contributed by atoms with Crippen molar-refractivity contribution in [3.8, 4) is 0 Å². The maximum absolute atomic E-state index is 13.7. The standard InChI is InChI=1S/C20H18Cl3F3N4S/c1-2-7-30(10-12-3-5-27-6-4-12)11-16-18(20(24,25)26)29-19(31-16)28-17-14(22)8-13(21)9-15(17)23/h3-6,8-9H,2,7,10-11H2,1H3,(H,28,29). The summed E-state index contributed by atoms with van der Waals surface area (Å²) < 4.78 is 41.1. The van der Waals surface area contributed by atoms with Gasteiger partial charge < -0.3 is 5.32 Å². The number of aromatic nitrogens is 2. The third-order valence-corrected chi connectivity index (χ3v) is 6.04. The van der Waals surface area contributed by atoms with Crippen molar-refractivity contribution in [2.75, 3.05) is 11.9 Å². The predicted octanol–water partition coefficient (Wildman–Crippen LogP) is 7.67. The molecule has 0 atom stereocenters. The monoisotopic (exact) mass is 508 g/mol. The average molecular weight is 510 g/mol. The lowest BCUT2D eigenvalue weighted by atomic mass is 10.2. The highest BCUT2D eigenvalue weighted by atomic mass is 35.5. The van der Waals surface area contributed by atoms with Gasteiger partial charge in [0.15, 0.2) is 10.8 Å². The van der Waals surface area contributed by atoms with Gasteiger partial charge >= 0.3 is 6.18 Å². The van der Waals surface area contributed by atoms with Gasteiger partial charge in [0.05, 0.1) is 20.6 Å². The van der Waals surface area contributed by atoms with Crippen LogP contribution in [0.1, 0.15) is 29.5 Å². The topological polar surface area (TPSA) is 41.1 Å². The molecule has 3 aromatic rings. The molecule has 2 aromatic heterocycles. The Morgan fingerprint density at radius 1 is 1.06 bits per heavy atom. The molecule has 4 nitrogen and oxygen atoms in total. The molecule has 11 heteroatoms. The summed E-state index contributed by atoms with van der Waals surface area (Å²) in [4.78, 5) is 9.83. The van der Waals surface area contributed by atoms with Crippen molar-refractivity contribution in [3.63, 3.8) is 0 Å². The maximum atomic E-state index is 13.7. The van der Waals surface area contributed by atoms with Crippen LogP contribution >= 0.6 is 46.1 Å². The first-order valence-electron chi connectivity index (χ1n) is 9.27. The summed E-state index contributed by atoms with van der Waals surface area (Å²) in [6.45, 7) is 3.22. The molecule has 0 unspecified atom stereocenters. The number of nitrogens with zero attached hydrogens (tertiary/aromatic N) is 3. The maximum Gasteiger partial charge on any atom is 0.434 e. The molecule has 1 aromatic carbocycles. The van der Waals surface area contributed by atoms with E-state index in [0.717, 1.165) is 23.3 Å². The van der Waals surface area contributed by atoms with Gasteiger partial charge in [0.1, 0.15) is 0 Å². The molecule has 0 amide bonds. The van der Waals surface area contributed by atoms with Crippen molar-refractivity contribution in [2.24, 2.45) is 0 Å². The fourth-order valence-electron chi connectivity index (χ4n) is 2.98. The number of halogens is 6. The number of alkyl halides is 3. The van der Waals surface area contributed by atoms with Crippen LogP contribution in [0, 0.1) is 0 Å². The first-order chi connectivity index (χ1) is 14.7. The van der Waals surface area contributed by atoms with Gasteiger partial charge in [0, 0.05) is 30.5 Å². The number of anilines is 2. The highest BCUT2D eigenvalue weighted by Crippen LogP contribution is 2.41. The fraction of sp³-hybridized carbons (Fsp3) is 0.300. The quantitative estimate of drug-likeness (QED) is 0.338. The minimum absolute atomic E-state index is 0.0498. The molecular weight excluding hydrogens is 492 g/mol. The van der Waals surface area contributed by atoms with E-state index in [9.17, 15) is 13.2 Å². The van der Waals surface area contributed by atoms with Crippen molar-refractivity contribution >= 4 is 57.0 Å². The van der Waals surface area contributed by atoms with Crippen molar-refractivity contribution in [2.45, 2.75) is 32.6 Å². The van der Waals surface area contributed by atoms with E-state index in [2.05, 4.69) is 15.3 Å². The van der Waals surface area contributed by atoms with E-state index in [1.54, 1.807) is 12.4 Å². The lowest BCUT2D eigenvalue weighted by Crippen LogP contribution is -2.24. The lowest BCUT2D eigenvalue weighted by molar-refractivity contribution is -0.141. The van der Waals surface area contributed by atoms with E-state index in [1.807, 2.05) is 24.0 Å². The van der Waals surface area contributed by atoms with Crippen LogP contribution in [0.2, 0.25) is 15.1 Å². The smallest absolute Gasteiger partial charge is 0.329 e. The second-order valence-electron chi connectivity index (χ2n) is 6.72. The SMILES string of the molecule is CCCN(Cc1ccncc1)Cc1sc(Nc2c(Cl)cc(Cl)cc2Cl)nc1C(F)(F)F. The summed E-state index contributed by atoms with van der Waals surface area (Å²) in [5, 5.41) is 3.56. The molecule has 0 saturated heterocycles. The molecule has 0 aliphatic rings. The normalized spacial score (nSPS) is 11.9. The second-order valence-corrected chi connectivity index (χ2v) is 9.06. The predicted molar refractivity (Wildman–Crippen MR) is 121 cm³/mol. The third-order valence-electron chi connectivity index (χ3n) is 4.27. The Kier molecular flexibility index (Phi) is 8.04. The van der Waals surface area contributed by atoms with Gasteiger partial charge in [-0.25, -0.2) is 4.98 Å². The molecule has 0 spiro atoms. The first kappa shape index (κ1) is 24.1. The molecule has 166 valence electrons. The summed E-state index contributed by atoms with van der Waals surface area (Å²) in [5.41, 5.74) is 0.306. The van der Waals surface area contributed by atoms with Gasteiger partial charge in [-0.15, -0.1) is 0 Å². The Labute approximate surface area is 197 Å². The fourth-order valence-corrected chi connectivity index (χ4v) is 4.92. The van der Waals surface area contributed by atoms with E-state index in [4.69, 9.17) is 34.8 Å². The molecule has 0 aliphatic heterocycles. The van der Waals surface area contributed by atoms with Crippen molar-refractivity contribution < 1.29 is 13.2 Å². The molecule has 3 rings (SSSR count). The zero-order chi connectivity index (χ0) is 22.6. The van der Waals surface area contributed by atoms with E-state index in [0.29, 0.717) is 18.1 Å². The average Bonchev–Trinajstić information content (AvgIpc) is 3.08. The second kappa shape index (κ2) is 10.4. The van der Waals surface area contributed by atoms with Gasteiger partial charge in [-0.2, -0.15) is 13.2 Å². The lowest BCUT2D eigenvalue weighted by Gasteiger charge is -2.21. The van der Waals surface area contributed by atoms with Crippen molar-refractivity contribution in [1.82, 2.24) is 14.9 Å². The van der Waals surface area contributed by atoms with E-state index in [1.165, 1.54) is 12.1 Å². The van der Waals surface area contributed by atoms with Gasteiger partial charge in [-0.1, -0.05) is 53.1 Å². The number of thiazole rings is 1. The van der Waals surface area contributed by atoms with Gasteiger partial charge in [-0.3, -0.25) is 9.88 Å². The molecule has 0 aliphatic carbocycles. The number of hydrogen-bond acceptors (Lipinski definition) is 5. The zero-order valence-electron chi connectivity index (χ0n) is 16.3. The highest BCUT2D eigenvalue weighted by molar-refractivity contribution is 7.15. The number of nitrogens with one attached hydrogen (secondary N) is 1. The molecule has 0 saturated carbocycles. The molecule has 31 heavy (non-hydrogen) atoms. The Balaban J connectivity index is 1.89. The Morgan fingerprint density at radius 3 is 2.29 bits per heavy atom. The number of hydrogen-bond donors (Lipinski definition) is 1. The molecule has 0 bridgehead atoms. The van der Waals surface area contributed by atoms with Crippen LogP contribution < -0.4 is 5.32 Å². The summed E-state index contributed by atoms with van der Waals surface area (Å²) in [7, 11) is 0. The summed E-state index contributed by atoms with van der Waals surface area (Å²) in [6, 6.07) is 6.59. The summed E-state index contributed by atoms with van der Waals surface area (Å²) in [5.74, 6) is 0. The van der Waals surface area contributed by atoms with Crippen LogP contribution in [0.4, 0.5) is 24.0 Å². The number of pyridine rings is 1. The van der Waals surface area contributed by atoms with E-state index in [-0.39, 0.29) is 32.3 Å². The molecule has 0 radical (unpaired) electrons. The highest BCUT2D eigenvalue weighted by Gasteiger charge is 2.38. The molecule has 2 heterocycles. The Bertz CT molecular complexity index is 1010. The van der Waals surface area contributed by atoms with Crippen LogP contribution in [0.3, 0.4) is 0 Å². The van der Waals surface area contributed by atoms with Gasteiger partial charge in [0.25, 0.3) is 0 Å². The summed E-state index contributed by atoms with van der Waals surface area (Å²) >= 11 is 19.1. The zero-order valence-corrected chi connectivity index (χ0v) is 19.4. The van der Waals surface area contributed by atoms with Crippen molar-refractivity contribution in [3.05, 3.63) is 67.9 Å². The minimum Gasteiger partial charge on any atom is -0.329 e. The van der Waals surface area contributed by atoms with Gasteiger partial charge in [0.2, 0.25) is 0 Å². The van der Waals surface area contributed by atoms with Crippen LogP contribution in [0.15, 0.2) is 36.7 Å². The number of benzene rings is 1. The first-order valence-corrected chi connectivity index (χ1v) is 11.2. The summed E-state index contributed by atoms with van der Waals surface area (Å²) in [6.07, 6.45) is -0.468. The van der Waals surface area contributed by atoms with E-state index >= 15 is 0 Å². The van der Waals surface area contributed by atoms with Crippen LogP contribution in [0.5, 0.6) is 0 Å². The number of rotatable bonds is 8. The van der Waals surface area contributed by atoms with Crippen LogP contribution in [-0.4, -0.2) is 21.4 Å². The molecular formula is C20H18Cl3F3N4S. The third kappa shape index (κ3) is 6.46. The largest absolute Gasteiger partial charge is 0.434 e. The Hall–Kier alpha value is -1.58. The van der Waals surface area contributed by atoms with Crippen LogP contribution in [-0.2, 0) is 19.3 Å². The molecule has 0 fully saturated rings. The van der Waals surface area contributed by atoms with Gasteiger partial charge in [-0.05, 0) is 42.8 Å². The Morgan fingerprint density at radius 2 is 1.71 bits per heavy atom. The molecule has 1 N–H and O–H groups in total. The van der Waals surface area contributed by atoms with E-state index < -0.39 is 11.9 Å². The van der Waals surface area contributed by atoms with Crippen LogP contribution in [0.25, 0.3) is 0 Å². The minimum atomic E-state index is -4.59.